The fourth-order valence-corrected chi connectivity index (χ4v) is 8.80. The van der Waals surface area contributed by atoms with E-state index in [4.69, 9.17) is 9.15 Å². The summed E-state index contributed by atoms with van der Waals surface area (Å²) in [7, 11) is 0. The number of ether oxygens (including phenoxy) is 1. The van der Waals surface area contributed by atoms with E-state index in [2.05, 4.69) is 191 Å². The Morgan fingerprint density at radius 3 is 2.33 bits per heavy atom. The molecule has 6 nitrogen and oxygen atoms in total. The van der Waals surface area contributed by atoms with Crippen LogP contribution in [0.5, 0.6) is 0 Å². The summed E-state index contributed by atoms with van der Waals surface area (Å²) in [5.74, 6) is 1.61. The molecular formula is C51H50N4O2. The van der Waals surface area contributed by atoms with Crippen LogP contribution in [0.3, 0.4) is 0 Å². The molecule has 57 heavy (non-hydrogen) atoms. The molecule has 2 atom stereocenters. The molecule has 0 saturated heterocycles. The summed E-state index contributed by atoms with van der Waals surface area (Å²) in [5.41, 5.74) is 19.3. The van der Waals surface area contributed by atoms with E-state index in [1.807, 2.05) is 6.92 Å². The van der Waals surface area contributed by atoms with Gasteiger partial charge in [-0.25, -0.2) is 0 Å². The summed E-state index contributed by atoms with van der Waals surface area (Å²) in [4.78, 5) is 0. The summed E-state index contributed by atoms with van der Waals surface area (Å²) in [6.45, 7) is 17.6. The Kier molecular flexibility index (Phi) is 8.72. The van der Waals surface area contributed by atoms with Gasteiger partial charge in [0.15, 0.2) is 0 Å². The molecule has 1 aromatic heterocycles. The van der Waals surface area contributed by atoms with Crippen LogP contribution in [-0.2, 0) is 15.6 Å². The lowest BCUT2D eigenvalue weighted by atomic mass is 9.69. The van der Waals surface area contributed by atoms with Gasteiger partial charge in [-0.1, -0.05) is 144 Å². The molecule has 0 saturated carbocycles. The van der Waals surface area contributed by atoms with Gasteiger partial charge in [-0.15, -0.1) is 15.3 Å². The van der Waals surface area contributed by atoms with Crippen molar-refractivity contribution in [1.29, 1.82) is 0 Å². The van der Waals surface area contributed by atoms with Crippen LogP contribution < -0.4 is 5.43 Å². The smallest absolute Gasteiger partial charge is 0.248 e. The zero-order valence-corrected chi connectivity index (χ0v) is 34.2. The van der Waals surface area contributed by atoms with E-state index in [9.17, 15) is 0 Å². The van der Waals surface area contributed by atoms with Crippen molar-refractivity contribution in [3.05, 3.63) is 177 Å². The van der Waals surface area contributed by atoms with Crippen LogP contribution in [0, 0.1) is 12.3 Å². The molecule has 1 N–H and O–H groups in total. The molecule has 5 aromatic rings. The number of aryl methyl sites for hydroxylation is 1. The van der Waals surface area contributed by atoms with Crippen molar-refractivity contribution in [3.63, 3.8) is 0 Å². The van der Waals surface area contributed by atoms with Crippen LogP contribution in [0.2, 0.25) is 0 Å². The number of hydrogen-bond donors (Lipinski definition) is 1. The van der Waals surface area contributed by atoms with Crippen molar-refractivity contribution >= 4 is 17.0 Å². The Morgan fingerprint density at radius 1 is 0.842 bits per heavy atom. The fourth-order valence-electron chi connectivity index (χ4n) is 8.80. The fraction of sp³-hybridized carbons (Fsp3) is 0.275. The Balaban J connectivity index is 1.14. The first-order valence-corrected chi connectivity index (χ1v) is 20.1. The highest BCUT2D eigenvalue weighted by Gasteiger charge is 2.53. The first-order chi connectivity index (χ1) is 27.3. The van der Waals surface area contributed by atoms with Crippen molar-refractivity contribution < 1.29 is 9.15 Å². The second-order valence-corrected chi connectivity index (χ2v) is 17.9. The number of nitrogens with one attached hydrogen (secondary N) is 1. The van der Waals surface area contributed by atoms with E-state index in [0.717, 1.165) is 35.1 Å². The van der Waals surface area contributed by atoms with Gasteiger partial charge in [-0.05, 0) is 112 Å². The third-order valence-electron chi connectivity index (χ3n) is 11.7. The number of rotatable bonds is 6. The molecule has 2 unspecified atom stereocenters. The monoisotopic (exact) mass is 750 g/mol. The van der Waals surface area contributed by atoms with E-state index in [0.29, 0.717) is 17.7 Å². The van der Waals surface area contributed by atoms with Gasteiger partial charge in [-0.3, -0.25) is 5.43 Å². The zero-order chi connectivity index (χ0) is 39.7. The second-order valence-electron chi connectivity index (χ2n) is 17.9. The topological polar surface area (TPSA) is 72.5 Å². The molecule has 286 valence electrons. The maximum Gasteiger partial charge on any atom is 0.248 e. The summed E-state index contributed by atoms with van der Waals surface area (Å²) in [6.07, 6.45) is 14.4. The number of hydrogen-bond acceptors (Lipinski definition) is 6. The van der Waals surface area contributed by atoms with Crippen LogP contribution in [-0.4, -0.2) is 16.1 Å². The summed E-state index contributed by atoms with van der Waals surface area (Å²) < 4.78 is 13.1. The van der Waals surface area contributed by atoms with Crippen LogP contribution in [0.1, 0.15) is 112 Å². The highest BCUT2D eigenvalue weighted by Crippen LogP contribution is 2.63. The molecule has 1 aliphatic heterocycles. The summed E-state index contributed by atoms with van der Waals surface area (Å²) in [6, 6.07) is 31.1. The van der Waals surface area contributed by atoms with Crippen molar-refractivity contribution in [2.24, 2.45) is 10.5 Å². The molecule has 1 spiro atoms. The molecule has 0 fully saturated rings. The van der Waals surface area contributed by atoms with E-state index in [1.54, 1.807) is 0 Å². The van der Waals surface area contributed by atoms with E-state index in [1.165, 1.54) is 55.7 Å². The predicted octanol–water partition coefficient (Wildman–Crippen LogP) is 12.3. The minimum Gasteiger partial charge on any atom is -0.446 e. The number of fused-ring (bicyclic) bond motifs is 9. The van der Waals surface area contributed by atoms with Crippen LogP contribution in [0.4, 0.5) is 0 Å². The van der Waals surface area contributed by atoms with E-state index in [-0.39, 0.29) is 10.8 Å². The number of hydrazone groups is 1. The van der Waals surface area contributed by atoms with Crippen molar-refractivity contribution in [2.75, 3.05) is 0 Å². The third kappa shape index (κ3) is 6.23. The molecule has 9 rings (SSSR count). The maximum atomic E-state index is 6.58. The van der Waals surface area contributed by atoms with Crippen molar-refractivity contribution in [1.82, 2.24) is 15.6 Å². The molecule has 0 bridgehead atoms. The Hall–Kier alpha value is -6.01. The van der Waals surface area contributed by atoms with E-state index < -0.39 is 11.6 Å². The SMILES string of the molecule is C/C=C(\C=C/CC(C)(C)C)C1=NNC(c2ccc3c(c2)C2(C4=C(CC=CC(c5nnc(-c6ccc(C(C)(C)C)cc6)o5)=C4)c4ccccc42)c2cc(C)ccc2-3)O1. The number of allylic oxidation sites excluding steroid dienone is 8. The quantitative estimate of drug-likeness (QED) is 0.175. The minimum atomic E-state index is -0.575. The normalized spacial score (nSPS) is 19.9. The number of nitrogens with zero attached hydrogens (tertiary/aromatic N) is 3. The molecule has 3 aliphatic carbocycles. The minimum absolute atomic E-state index is 0.0577. The Bertz CT molecular complexity index is 2620. The van der Waals surface area contributed by atoms with Crippen LogP contribution in [0.25, 0.3) is 33.7 Å². The van der Waals surface area contributed by atoms with Crippen molar-refractivity contribution in [3.8, 4) is 22.6 Å². The summed E-state index contributed by atoms with van der Waals surface area (Å²) >= 11 is 0. The lowest BCUT2D eigenvalue weighted by molar-refractivity contribution is 0.191. The maximum absolute atomic E-state index is 6.58. The highest BCUT2D eigenvalue weighted by atomic mass is 16.5. The van der Waals surface area contributed by atoms with E-state index >= 15 is 0 Å². The molecule has 4 aliphatic rings. The van der Waals surface area contributed by atoms with Crippen LogP contribution in [0.15, 0.2) is 142 Å². The van der Waals surface area contributed by atoms with Gasteiger partial charge in [0.2, 0.25) is 23.9 Å². The van der Waals surface area contributed by atoms with Gasteiger partial charge < -0.3 is 9.15 Å². The van der Waals surface area contributed by atoms with Crippen molar-refractivity contribution in [2.45, 2.75) is 85.3 Å². The van der Waals surface area contributed by atoms with Gasteiger partial charge in [0.25, 0.3) is 0 Å². The third-order valence-corrected chi connectivity index (χ3v) is 11.7. The number of benzene rings is 4. The van der Waals surface area contributed by atoms with Gasteiger partial charge in [0.05, 0.1) is 5.41 Å². The molecule has 2 heterocycles. The molecule has 0 radical (unpaired) electrons. The first-order valence-electron chi connectivity index (χ1n) is 20.1. The largest absolute Gasteiger partial charge is 0.446 e. The molecular weight excluding hydrogens is 701 g/mol. The average molecular weight is 751 g/mol. The predicted molar refractivity (Wildman–Crippen MR) is 231 cm³/mol. The van der Waals surface area contributed by atoms with Gasteiger partial charge in [-0.2, -0.15) is 0 Å². The highest BCUT2D eigenvalue weighted by molar-refractivity contribution is 5.99. The lowest BCUT2D eigenvalue weighted by Crippen LogP contribution is -2.27. The standard InChI is InChI=1S/C51H50N4O2/c1-9-32(15-13-27-49(3,4)5)45-52-55-48(56-45)35-22-26-40-39-25-19-31(2)28-42(39)51(44(40)30-35)41-18-11-10-16-37(41)38-17-12-14-34(29-43(38)51)47-54-53-46(57-47)33-20-23-36(24-21-33)50(6,7)8/h9-16,18-26,28-30,48,55H,17,27H2,1-8H3/b15-13-,32-9+. The van der Waals surface area contributed by atoms with Crippen LogP contribution >= 0.6 is 0 Å². The first kappa shape index (κ1) is 36.6. The average Bonchev–Trinajstić information content (AvgIpc) is 3.95. The molecule has 0 amide bonds. The number of aromatic nitrogens is 2. The Labute approximate surface area is 336 Å². The molecule has 4 aromatic carbocycles. The zero-order valence-electron chi connectivity index (χ0n) is 34.2. The summed E-state index contributed by atoms with van der Waals surface area (Å²) in [5, 5.41) is 13.9. The second kappa shape index (κ2) is 13.6. The van der Waals surface area contributed by atoms with Gasteiger partial charge in [0, 0.05) is 22.3 Å². The van der Waals surface area contributed by atoms with Gasteiger partial charge in [0.1, 0.15) is 0 Å². The molecule has 6 heteroatoms. The lowest BCUT2D eigenvalue weighted by Gasteiger charge is -2.32. The van der Waals surface area contributed by atoms with Gasteiger partial charge >= 0.3 is 0 Å². The Morgan fingerprint density at radius 2 is 1.58 bits per heavy atom.